The van der Waals surface area contributed by atoms with Crippen LogP contribution in [0.25, 0.3) is 27.7 Å². The molecule has 0 N–H and O–H groups in total. The van der Waals surface area contributed by atoms with Crippen LogP contribution in [0.2, 0.25) is 0 Å². The highest BCUT2D eigenvalue weighted by molar-refractivity contribution is 6.00. The predicted molar refractivity (Wildman–Crippen MR) is 119 cm³/mol. The van der Waals surface area contributed by atoms with E-state index < -0.39 is 0 Å². The Hall–Kier alpha value is -3.87. The van der Waals surface area contributed by atoms with E-state index in [0.29, 0.717) is 12.3 Å². The monoisotopic (exact) mass is 414 g/mol. The van der Waals surface area contributed by atoms with Crippen LogP contribution in [0.1, 0.15) is 18.3 Å². The number of aryl methyl sites for hydroxylation is 3. The molecule has 31 heavy (non-hydrogen) atoms. The van der Waals surface area contributed by atoms with Crippen molar-refractivity contribution in [2.24, 2.45) is 0 Å². The van der Waals surface area contributed by atoms with Crippen LogP contribution < -0.4 is 9.47 Å². The number of carbonyl (C=O) groups excluding carboxylic acids is 1. The van der Waals surface area contributed by atoms with E-state index in [0.717, 1.165) is 45.7 Å². The number of hydrogen-bond acceptors (Lipinski definition) is 5. The molecule has 0 fully saturated rings. The molecule has 7 heteroatoms. The van der Waals surface area contributed by atoms with Gasteiger partial charge in [0.15, 0.2) is 11.4 Å². The summed E-state index contributed by atoms with van der Waals surface area (Å²) in [6, 6.07) is 15.9. The van der Waals surface area contributed by atoms with Crippen molar-refractivity contribution in [3.8, 4) is 11.5 Å². The zero-order valence-electron chi connectivity index (χ0n) is 17.6. The van der Waals surface area contributed by atoms with E-state index in [9.17, 15) is 4.79 Å². The van der Waals surface area contributed by atoms with E-state index in [1.807, 2.05) is 58.5 Å². The fraction of sp³-hybridized carbons (Fsp3) is 0.208. The summed E-state index contributed by atoms with van der Waals surface area (Å²) in [6.07, 6.45) is 2.65. The number of fused-ring (bicyclic) bond motifs is 5. The van der Waals surface area contributed by atoms with Crippen LogP contribution in [0.4, 0.5) is 0 Å². The first-order chi connectivity index (χ1) is 15.0. The van der Waals surface area contributed by atoms with Gasteiger partial charge in [-0.05, 0) is 43.2 Å². The van der Waals surface area contributed by atoms with Gasteiger partial charge >= 0.3 is 5.97 Å². The lowest BCUT2D eigenvalue weighted by Crippen LogP contribution is -2.03. The van der Waals surface area contributed by atoms with Gasteiger partial charge in [0.1, 0.15) is 22.6 Å². The van der Waals surface area contributed by atoms with Crippen molar-refractivity contribution in [1.82, 2.24) is 18.9 Å². The third kappa shape index (κ3) is 3.28. The van der Waals surface area contributed by atoms with Gasteiger partial charge in [-0.2, -0.15) is 0 Å². The number of methoxy groups -OCH3 is 1. The summed E-state index contributed by atoms with van der Waals surface area (Å²) >= 11 is 0. The smallest absolute Gasteiger partial charge is 0.308 e. The highest BCUT2D eigenvalue weighted by atomic mass is 16.5. The molecule has 0 aliphatic carbocycles. The maximum atomic E-state index is 11.8. The molecule has 0 spiro atoms. The third-order valence-corrected chi connectivity index (χ3v) is 5.44. The molecule has 2 aromatic carbocycles. The first-order valence-electron chi connectivity index (χ1n) is 10.1. The molecule has 3 heterocycles. The Morgan fingerprint density at radius 2 is 1.81 bits per heavy atom. The van der Waals surface area contributed by atoms with Crippen LogP contribution in [0.5, 0.6) is 11.5 Å². The van der Waals surface area contributed by atoms with Crippen molar-refractivity contribution in [3.05, 3.63) is 66.1 Å². The molecule has 156 valence electrons. The maximum Gasteiger partial charge on any atom is 0.308 e. The van der Waals surface area contributed by atoms with Crippen LogP contribution in [-0.4, -0.2) is 32.0 Å². The number of nitrogens with zero attached hydrogens (tertiary/aromatic N) is 4. The number of rotatable bonds is 5. The van der Waals surface area contributed by atoms with Gasteiger partial charge in [0.2, 0.25) is 0 Å². The van der Waals surface area contributed by atoms with Gasteiger partial charge in [0, 0.05) is 19.7 Å². The summed E-state index contributed by atoms with van der Waals surface area (Å²) in [5, 5.41) is 0.742. The summed E-state index contributed by atoms with van der Waals surface area (Å²) in [5.41, 5.74) is 4.53. The summed E-state index contributed by atoms with van der Waals surface area (Å²) in [6.45, 7) is 4.06. The van der Waals surface area contributed by atoms with Gasteiger partial charge in [0.05, 0.1) is 18.1 Å². The molecule has 0 aliphatic rings. The summed E-state index contributed by atoms with van der Waals surface area (Å²) < 4.78 is 14.8. The molecule has 0 bridgehead atoms. The van der Waals surface area contributed by atoms with Gasteiger partial charge in [-0.3, -0.25) is 9.20 Å². The molecule has 0 radical (unpaired) electrons. The highest BCUT2D eigenvalue weighted by Gasteiger charge is 2.20. The first-order valence-corrected chi connectivity index (χ1v) is 10.1. The standard InChI is InChI=1S/C24H22N4O3/c1-15-25-23-22(24-26-19-6-4-5-7-20(19)28(15)24)21(31-16(2)29)14-27(23)13-12-17-8-10-18(30-3)11-9-17/h4-11,14H,12-13H2,1-3H3. The zero-order chi connectivity index (χ0) is 21.5. The lowest BCUT2D eigenvalue weighted by atomic mass is 10.1. The largest absolute Gasteiger partial charge is 0.497 e. The number of imidazole rings is 1. The van der Waals surface area contributed by atoms with Crippen molar-refractivity contribution < 1.29 is 14.3 Å². The van der Waals surface area contributed by atoms with E-state index in [1.165, 1.54) is 12.5 Å². The molecular weight excluding hydrogens is 392 g/mol. The number of para-hydroxylation sites is 2. The topological polar surface area (TPSA) is 70.7 Å². The Morgan fingerprint density at radius 3 is 2.55 bits per heavy atom. The van der Waals surface area contributed by atoms with Crippen molar-refractivity contribution in [2.75, 3.05) is 7.11 Å². The molecule has 0 saturated carbocycles. The normalized spacial score (nSPS) is 11.5. The second kappa shape index (κ2) is 7.43. The molecule has 0 atom stereocenters. The predicted octanol–water partition coefficient (Wildman–Crippen LogP) is 4.32. The highest BCUT2D eigenvalue weighted by Crippen LogP contribution is 2.33. The van der Waals surface area contributed by atoms with E-state index in [4.69, 9.17) is 19.4 Å². The number of esters is 1. The second-order valence-electron chi connectivity index (χ2n) is 7.50. The Kier molecular flexibility index (Phi) is 4.58. The van der Waals surface area contributed by atoms with Crippen LogP contribution in [0.3, 0.4) is 0 Å². The van der Waals surface area contributed by atoms with Gasteiger partial charge < -0.3 is 14.0 Å². The number of hydrogen-bond donors (Lipinski definition) is 0. The van der Waals surface area contributed by atoms with Crippen LogP contribution in [-0.2, 0) is 17.8 Å². The number of carbonyl (C=O) groups is 1. The second-order valence-corrected chi connectivity index (χ2v) is 7.50. The van der Waals surface area contributed by atoms with E-state index >= 15 is 0 Å². The van der Waals surface area contributed by atoms with Crippen molar-refractivity contribution in [3.63, 3.8) is 0 Å². The van der Waals surface area contributed by atoms with E-state index in [2.05, 4.69) is 12.1 Å². The number of aromatic nitrogens is 4. The molecule has 5 rings (SSSR count). The third-order valence-electron chi connectivity index (χ3n) is 5.44. The Morgan fingerprint density at radius 1 is 1.03 bits per heavy atom. The Balaban J connectivity index is 1.65. The molecule has 0 saturated heterocycles. The lowest BCUT2D eigenvalue weighted by molar-refractivity contribution is -0.131. The molecule has 0 amide bonds. The summed E-state index contributed by atoms with van der Waals surface area (Å²) in [5.74, 6) is 1.77. The fourth-order valence-electron chi connectivity index (χ4n) is 4.02. The average molecular weight is 414 g/mol. The van der Waals surface area contributed by atoms with E-state index in [-0.39, 0.29) is 5.97 Å². The molecular formula is C24H22N4O3. The minimum absolute atomic E-state index is 0.371. The minimum atomic E-state index is -0.371. The quantitative estimate of drug-likeness (QED) is 0.401. The Bertz CT molecular complexity index is 1430. The van der Waals surface area contributed by atoms with E-state index in [1.54, 1.807) is 7.11 Å². The molecule has 3 aromatic heterocycles. The van der Waals surface area contributed by atoms with Crippen LogP contribution >= 0.6 is 0 Å². The number of benzene rings is 2. The maximum absolute atomic E-state index is 11.8. The zero-order valence-corrected chi connectivity index (χ0v) is 17.6. The molecule has 5 aromatic rings. The van der Waals surface area contributed by atoms with Crippen molar-refractivity contribution in [1.29, 1.82) is 0 Å². The summed E-state index contributed by atoms with van der Waals surface area (Å²) in [4.78, 5) is 21.5. The Labute approximate surface area is 178 Å². The minimum Gasteiger partial charge on any atom is -0.497 e. The average Bonchev–Trinajstić information content (AvgIpc) is 3.31. The van der Waals surface area contributed by atoms with Gasteiger partial charge in [-0.15, -0.1) is 0 Å². The molecule has 0 aliphatic heterocycles. The fourth-order valence-corrected chi connectivity index (χ4v) is 4.02. The lowest BCUT2D eigenvalue weighted by Gasteiger charge is -2.07. The molecule has 7 nitrogen and oxygen atoms in total. The van der Waals surface area contributed by atoms with Gasteiger partial charge in [0.25, 0.3) is 0 Å². The van der Waals surface area contributed by atoms with Gasteiger partial charge in [-0.25, -0.2) is 9.97 Å². The summed E-state index contributed by atoms with van der Waals surface area (Å²) in [7, 11) is 1.66. The van der Waals surface area contributed by atoms with Crippen molar-refractivity contribution in [2.45, 2.75) is 26.8 Å². The first kappa shape index (κ1) is 19.1. The molecule has 0 unspecified atom stereocenters. The van der Waals surface area contributed by atoms with Gasteiger partial charge in [-0.1, -0.05) is 24.3 Å². The SMILES string of the molecule is COc1ccc(CCn2cc(OC(C)=O)c3c2nc(C)n2c4ccccc4nc32)cc1. The van der Waals surface area contributed by atoms with Crippen molar-refractivity contribution >= 4 is 33.7 Å². The number of ether oxygens (including phenoxy) is 2. The van der Waals surface area contributed by atoms with Crippen LogP contribution in [0.15, 0.2) is 54.7 Å². The van der Waals surface area contributed by atoms with Crippen LogP contribution in [0, 0.1) is 6.92 Å².